The van der Waals surface area contributed by atoms with Crippen molar-refractivity contribution in [3.8, 4) is 0 Å². The number of hydrogen-bond acceptors (Lipinski definition) is 4. The van der Waals surface area contributed by atoms with E-state index in [1.807, 2.05) is 24.3 Å². The fourth-order valence-electron chi connectivity index (χ4n) is 2.38. The molecular formula is C14H18N2O4. The third kappa shape index (κ3) is 3.08. The van der Waals surface area contributed by atoms with Gasteiger partial charge in [0.05, 0.1) is 6.10 Å². The maximum atomic E-state index is 11.9. The molecule has 2 rings (SSSR count). The number of rotatable bonds is 5. The van der Waals surface area contributed by atoms with E-state index in [4.69, 9.17) is 5.11 Å². The molecule has 0 bridgehead atoms. The summed E-state index contributed by atoms with van der Waals surface area (Å²) in [5, 5.41) is 23.8. The number of carbonyl (C=O) groups excluding carboxylic acids is 1. The van der Waals surface area contributed by atoms with Crippen molar-refractivity contribution in [2.24, 2.45) is 0 Å². The summed E-state index contributed by atoms with van der Waals surface area (Å²) in [6.45, 7) is 1.99. The largest absolute Gasteiger partial charge is 0.480 e. The van der Waals surface area contributed by atoms with Crippen LogP contribution in [0.3, 0.4) is 0 Å². The highest BCUT2D eigenvalue weighted by Crippen LogP contribution is 2.33. The first kappa shape index (κ1) is 14.3. The Balaban J connectivity index is 1.98. The second-order valence-electron chi connectivity index (χ2n) is 4.99. The molecule has 1 heterocycles. The van der Waals surface area contributed by atoms with Gasteiger partial charge < -0.3 is 20.8 Å². The fraction of sp³-hybridized carbons (Fsp3) is 0.429. The van der Waals surface area contributed by atoms with Gasteiger partial charge in [0.25, 0.3) is 0 Å². The smallest absolute Gasteiger partial charge is 0.328 e. The van der Waals surface area contributed by atoms with Crippen LogP contribution in [-0.2, 0) is 9.59 Å². The summed E-state index contributed by atoms with van der Waals surface area (Å²) >= 11 is 0. The molecular weight excluding hydrogens is 260 g/mol. The van der Waals surface area contributed by atoms with Crippen molar-refractivity contribution in [1.29, 1.82) is 0 Å². The number of carbonyl (C=O) groups is 2. The molecule has 6 heteroatoms. The molecule has 4 N–H and O–H groups in total. The summed E-state index contributed by atoms with van der Waals surface area (Å²) in [6, 6.07) is 6.46. The molecule has 1 aromatic rings. The minimum atomic E-state index is -1.27. The van der Waals surface area contributed by atoms with Gasteiger partial charge in [-0.2, -0.15) is 0 Å². The van der Waals surface area contributed by atoms with E-state index >= 15 is 0 Å². The molecule has 0 aliphatic carbocycles. The van der Waals surface area contributed by atoms with E-state index in [1.54, 1.807) is 0 Å². The average molecular weight is 278 g/mol. The summed E-state index contributed by atoms with van der Waals surface area (Å²) < 4.78 is 0. The monoisotopic (exact) mass is 278 g/mol. The number of hydrogen-bond donors (Lipinski definition) is 4. The first-order valence-corrected chi connectivity index (χ1v) is 6.52. The second kappa shape index (κ2) is 5.92. The van der Waals surface area contributed by atoms with Crippen LogP contribution in [0.4, 0.5) is 5.69 Å². The molecule has 0 saturated heterocycles. The minimum absolute atomic E-state index is 0.0228. The number of aliphatic carboxylic acids is 1. The molecule has 0 aromatic heterocycles. The Bertz CT molecular complexity index is 516. The van der Waals surface area contributed by atoms with Crippen molar-refractivity contribution in [3.63, 3.8) is 0 Å². The van der Waals surface area contributed by atoms with Crippen LogP contribution in [0.2, 0.25) is 0 Å². The van der Waals surface area contributed by atoms with Crippen molar-refractivity contribution in [1.82, 2.24) is 5.32 Å². The van der Waals surface area contributed by atoms with Gasteiger partial charge in [0.1, 0.15) is 0 Å². The lowest BCUT2D eigenvalue weighted by Gasteiger charge is -2.18. The van der Waals surface area contributed by atoms with Gasteiger partial charge in [0, 0.05) is 24.6 Å². The standard InChI is InChI=1S/C14H18N2O4/c1-8(17)13(14(19)20)16-12(18)6-9-7-15-11-5-3-2-4-10(9)11/h2-5,8-9,13,15,17H,6-7H2,1H3,(H,16,18)(H,19,20). The predicted octanol–water partition coefficient (Wildman–Crippen LogP) is 0.536. The van der Waals surface area contributed by atoms with Gasteiger partial charge in [-0.3, -0.25) is 4.79 Å². The lowest BCUT2D eigenvalue weighted by molar-refractivity contribution is -0.144. The van der Waals surface area contributed by atoms with Gasteiger partial charge >= 0.3 is 5.97 Å². The number of para-hydroxylation sites is 1. The summed E-state index contributed by atoms with van der Waals surface area (Å²) in [6.07, 6.45) is -0.939. The van der Waals surface area contributed by atoms with E-state index in [-0.39, 0.29) is 18.2 Å². The zero-order valence-electron chi connectivity index (χ0n) is 11.2. The zero-order valence-corrected chi connectivity index (χ0v) is 11.2. The van der Waals surface area contributed by atoms with E-state index < -0.39 is 18.1 Å². The van der Waals surface area contributed by atoms with Gasteiger partial charge in [-0.05, 0) is 18.6 Å². The number of aliphatic hydroxyl groups excluding tert-OH is 1. The summed E-state index contributed by atoms with van der Waals surface area (Å²) in [5.41, 5.74) is 2.07. The molecule has 0 spiro atoms. The van der Waals surface area contributed by atoms with Crippen LogP contribution >= 0.6 is 0 Å². The van der Waals surface area contributed by atoms with Crippen LogP contribution in [-0.4, -0.2) is 40.8 Å². The molecule has 1 aromatic carbocycles. The minimum Gasteiger partial charge on any atom is -0.480 e. The predicted molar refractivity (Wildman–Crippen MR) is 73.5 cm³/mol. The SMILES string of the molecule is CC(O)C(NC(=O)CC1CNc2ccccc21)C(=O)O. The van der Waals surface area contributed by atoms with E-state index in [0.717, 1.165) is 11.3 Å². The maximum Gasteiger partial charge on any atom is 0.328 e. The van der Waals surface area contributed by atoms with Crippen LogP contribution in [0.1, 0.15) is 24.8 Å². The average Bonchev–Trinajstić information content (AvgIpc) is 2.79. The van der Waals surface area contributed by atoms with E-state index in [9.17, 15) is 14.7 Å². The molecule has 1 aliphatic rings. The van der Waals surface area contributed by atoms with Crippen LogP contribution in [0.15, 0.2) is 24.3 Å². The van der Waals surface area contributed by atoms with Gasteiger partial charge in [0.2, 0.25) is 5.91 Å². The van der Waals surface area contributed by atoms with Crippen LogP contribution in [0.25, 0.3) is 0 Å². The number of anilines is 1. The number of benzene rings is 1. The number of carboxylic acids is 1. The Kier molecular flexibility index (Phi) is 4.24. The molecule has 3 atom stereocenters. The van der Waals surface area contributed by atoms with E-state index in [2.05, 4.69) is 10.6 Å². The third-order valence-corrected chi connectivity index (χ3v) is 3.44. The molecule has 1 amide bonds. The number of fused-ring (bicyclic) bond motifs is 1. The van der Waals surface area contributed by atoms with Crippen molar-refractivity contribution < 1.29 is 19.8 Å². The fourth-order valence-corrected chi connectivity index (χ4v) is 2.38. The molecule has 108 valence electrons. The number of carboxylic acid groups (broad SMARTS) is 1. The summed E-state index contributed by atoms with van der Waals surface area (Å²) in [7, 11) is 0. The summed E-state index contributed by atoms with van der Waals surface area (Å²) in [4.78, 5) is 22.8. The quantitative estimate of drug-likeness (QED) is 0.630. The molecule has 20 heavy (non-hydrogen) atoms. The van der Waals surface area contributed by atoms with Gasteiger partial charge in [-0.1, -0.05) is 18.2 Å². The highest BCUT2D eigenvalue weighted by atomic mass is 16.4. The van der Waals surface area contributed by atoms with Gasteiger partial charge in [-0.15, -0.1) is 0 Å². The Morgan fingerprint density at radius 1 is 1.45 bits per heavy atom. The molecule has 3 unspecified atom stereocenters. The van der Waals surface area contributed by atoms with Crippen molar-refractivity contribution >= 4 is 17.6 Å². The maximum absolute atomic E-state index is 11.9. The molecule has 6 nitrogen and oxygen atoms in total. The Hall–Kier alpha value is -2.08. The van der Waals surface area contributed by atoms with E-state index in [1.165, 1.54) is 6.92 Å². The Labute approximate surface area is 116 Å². The molecule has 0 saturated carbocycles. The highest BCUT2D eigenvalue weighted by molar-refractivity contribution is 5.84. The molecule has 0 fully saturated rings. The van der Waals surface area contributed by atoms with Gasteiger partial charge in [0.15, 0.2) is 6.04 Å². The Morgan fingerprint density at radius 2 is 2.15 bits per heavy atom. The van der Waals surface area contributed by atoms with Gasteiger partial charge in [-0.25, -0.2) is 4.79 Å². The molecule has 1 aliphatic heterocycles. The number of aliphatic hydroxyl groups is 1. The van der Waals surface area contributed by atoms with E-state index in [0.29, 0.717) is 6.54 Å². The Morgan fingerprint density at radius 3 is 2.80 bits per heavy atom. The lowest BCUT2D eigenvalue weighted by Crippen LogP contribution is -2.47. The summed E-state index contributed by atoms with van der Waals surface area (Å²) in [5.74, 6) is -1.59. The van der Waals surface area contributed by atoms with Crippen LogP contribution < -0.4 is 10.6 Å². The molecule has 0 radical (unpaired) electrons. The van der Waals surface area contributed by atoms with Crippen molar-refractivity contribution in [2.75, 3.05) is 11.9 Å². The third-order valence-electron chi connectivity index (χ3n) is 3.44. The first-order chi connectivity index (χ1) is 9.49. The van der Waals surface area contributed by atoms with Crippen LogP contribution in [0.5, 0.6) is 0 Å². The lowest BCUT2D eigenvalue weighted by atomic mass is 9.97. The van der Waals surface area contributed by atoms with Crippen LogP contribution in [0, 0.1) is 0 Å². The van der Waals surface area contributed by atoms with Crippen molar-refractivity contribution in [2.45, 2.75) is 31.4 Å². The highest BCUT2D eigenvalue weighted by Gasteiger charge is 2.28. The zero-order chi connectivity index (χ0) is 14.7. The number of amides is 1. The first-order valence-electron chi connectivity index (χ1n) is 6.52. The second-order valence-corrected chi connectivity index (χ2v) is 4.99. The topological polar surface area (TPSA) is 98.7 Å². The number of nitrogens with one attached hydrogen (secondary N) is 2. The normalized spacial score (nSPS) is 19.6. The van der Waals surface area contributed by atoms with Crippen molar-refractivity contribution in [3.05, 3.63) is 29.8 Å².